The Kier molecular flexibility index (Phi) is 1.69. The minimum Gasteiger partial charge on any atom is -0.389 e. The van der Waals surface area contributed by atoms with Gasteiger partial charge in [-0.2, -0.15) is 0 Å². The number of hydrogen-bond acceptors (Lipinski definition) is 2. The second-order valence-corrected chi connectivity index (χ2v) is 4.30. The average molecular weight is 155 g/mol. The Morgan fingerprint density at radius 1 is 1.45 bits per heavy atom. The second kappa shape index (κ2) is 2.46. The SMILES string of the molecule is C[C@]1(O)CC[C@@H]1NCC1CC1. The smallest absolute Gasteiger partial charge is 0.0772 e. The quantitative estimate of drug-likeness (QED) is 0.634. The van der Waals surface area contributed by atoms with Crippen LogP contribution in [-0.2, 0) is 0 Å². The predicted molar refractivity (Wildman–Crippen MR) is 44.4 cm³/mol. The zero-order valence-electron chi connectivity index (χ0n) is 7.14. The summed E-state index contributed by atoms with van der Waals surface area (Å²) in [5.41, 5.74) is -0.408. The first-order valence-corrected chi connectivity index (χ1v) is 4.64. The van der Waals surface area contributed by atoms with E-state index in [-0.39, 0.29) is 0 Å². The van der Waals surface area contributed by atoms with Crippen molar-refractivity contribution < 1.29 is 5.11 Å². The van der Waals surface area contributed by atoms with Crippen LogP contribution in [0.4, 0.5) is 0 Å². The predicted octanol–water partition coefficient (Wildman–Crippen LogP) is 0.899. The van der Waals surface area contributed by atoms with Crippen molar-refractivity contribution in [3.05, 3.63) is 0 Å². The van der Waals surface area contributed by atoms with Crippen molar-refractivity contribution in [3.63, 3.8) is 0 Å². The Hall–Kier alpha value is -0.0800. The molecule has 0 spiro atoms. The molecule has 0 saturated heterocycles. The Morgan fingerprint density at radius 2 is 2.18 bits per heavy atom. The third kappa shape index (κ3) is 1.57. The summed E-state index contributed by atoms with van der Waals surface area (Å²) in [6, 6.07) is 0.378. The third-order valence-corrected chi connectivity index (χ3v) is 3.04. The van der Waals surface area contributed by atoms with Crippen LogP contribution in [-0.4, -0.2) is 23.3 Å². The van der Waals surface area contributed by atoms with Crippen molar-refractivity contribution in [3.8, 4) is 0 Å². The monoisotopic (exact) mass is 155 g/mol. The summed E-state index contributed by atoms with van der Waals surface area (Å²) in [5.74, 6) is 0.923. The number of hydrogen-bond donors (Lipinski definition) is 2. The molecule has 0 unspecified atom stereocenters. The van der Waals surface area contributed by atoms with E-state index < -0.39 is 5.60 Å². The minimum atomic E-state index is -0.408. The molecule has 64 valence electrons. The van der Waals surface area contributed by atoms with E-state index in [1.165, 1.54) is 12.8 Å². The van der Waals surface area contributed by atoms with E-state index >= 15 is 0 Å². The Balaban J connectivity index is 1.69. The van der Waals surface area contributed by atoms with Crippen molar-refractivity contribution in [2.45, 2.75) is 44.2 Å². The van der Waals surface area contributed by atoms with Crippen LogP contribution in [0.3, 0.4) is 0 Å². The van der Waals surface area contributed by atoms with E-state index in [0.29, 0.717) is 6.04 Å². The van der Waals surface area contributed by atoms with E-state index in [2.05, 4.69) is 5.32 Å². The molecule has 2 fully saturated rings. The largest absolute Gasteiger partial charge is 0.389 e. The summed E-state index contributed by atoms with van der Waals surface area (Å²) in [7, 11) is 0. The molecule has 2 aliphatic carbocycles. The summed E-state index contributed by atoms with van der Waals surface area (Å²) in [6.45, 7) is 3.06. The van der Waals surface area contributed by atoms with Gasteiger partial charge in [0.05, 0.1) is 5.60 Å². The summed E-state index contributed by atoms with van der Waals surface area (Å²) in [5, 5.41) is 13.1. The van der Waals surface area contributed by atoms with Crippen LogP contribution in [0.5, 0.6) is 0 Å². The highest BCUT2D eigenvalue weighted by Gasteiger charge is 2.41. The molecule has 0 aromatic carbocycles. The van der Waals surface area contributed by atoms with E-state index in [1.54, 1.807) is 0 Å². The first-order chi connectivity index (χ1) is 5.18. The summed E-state index contributed by atoms with van der Waals surface area (Å²) in [4.78, 5) is 0. The molecule has 0 amide bonds. The lowest BCUT2D eigenvalue weighted by molar-refractivity contribution is -0.0518. The minimum absolute atomic E-state index is 0.378. The summed E-state index contributed by atoms with van der Waals surface area (Å²) < 4.78 is 0. The molecule has 2 rings (SSSR count). The van der Waals surface area contributed by atoms with Crippen LogP contribution >= 0.6 is 0 Å². The van der Waals surface area contributed by atoms with E-state index in [0.717, 1.165) is 25.3 Å². The molecule has 2 saturated carbocycles. The van der Waals surface area contributed by atoms with Gasteiger partial charge in [0.15, 0.2) is 0 Å². The van der Waals surface area contributed by atoms with E-state index in [9.17, 15) is 5.11 Å². The van der Waals surface area contributed by atoms with Crippen LogP contribution in [0.1, 0.15) is 32.6 Å². The Labute approximate surface area is 68.0 Å². The fourth-order valence-corrected chi connectivity index (χ4v) is 1.66. The zero-order valence-corrected chi connectivity index (χ0v) is 7.14. The molecule has 2 aliphatic rings. The van der Waals surface area contributed by atoms with E-state index in [4.69, 9.17) is 0 Å². The van der Waals surface area contributed by atoms with Gasteiger partial charge in [-0.1, -0.05) is 0 Å². The van der Waals surface area contributed by atoms with Crippen molar-refractivity contribution in [2.75, 3.05) is 6.54 Å². The topological polar surface area (TPSA) is 32.3 Å². The third-order valence-electron chi connectivity index (χ3n) is 3.04. The molecule has 0 radical (unpaired) electrons. The van der Waals surface area contributed by atoms with Gasteiger partial charge in [-0.15, -0.1) is 0 Å². The zero-order chi connectivity index (χ0) is 7.90. The molecule has 2 N–H and O–H groups in total. The standard InChI is InChI=1S/C9H17NO/c1-9(11)5-4-8(9)10-6-7-2-3-7/h7-8,10-11H,2-6H2,1H3/t8-,9-/m0/s1. The molecule has 0 bridgehead atoms. The van der Waals surface area contributed by atoms with Crippen LogP contribution in [0, 0.1) is 5.92 Å². The summed E-state index contributed by atoms with van der Waals surface area (Å²) >= 11 is 0. The number of aliphatic hydroxyl groups is 1. The number of rotatable bonds is 3. The first-order valence-electron chi connectivity index (χ1n) is 4.64. The lowest BCUT2D eigenvalue weighted by Gasteiger charge is -2.43. The van der Waals surface area contributed by atoms with Crippen molar-refractivity contribution in [2.24, 2.45) is 5.92 Å². The van der Waals surface area contributed by atoms with Crippen LogP contribution in [0.2, 0.25) is 0 Å². The van der Waals surface area contributed by atoms with E-state index in [1.807, 2.05) is 6.92 Å². The van der Waals surface area contributed by atoms with Gasteiger partial charge in [0.25, 0.3) is 0 Å². The molecule has 0 aromatic heterocycles. The normalized spacial score (nSPS) is 43.6. The molecule has 2 nitrogen and oxygen atoms in total. The molecular formula is C9H17NO. The van der Waals surface area contributed by atoms with Gasteiger partial charge >= 0.3 is 0 Å². The van der Waals surface area contributed by atoms with Gasteiger partial charge in [-0.25, -0.2) is 0 Å². The molecule has 0 aliphatic heterocycles. The second-order valence-electron chi connectivity index (χ2n) is 4.30. The number of nitrogens with one attached hydrogen (secondary N) is 1. The fraction of sp³-hybridized carbons (Fsp3) is 1.00. The maximum atomic E-state index is 9.64. The van der Waals surface area contributed by atoms with Crippen LogP contribution < -0.4 is 5.32 Å². The van der Waals surface area contributed by atoms with Crippen molar-refractivity contribution in [1.29, 1.82) is 0 Å². The lowest BCUT2D eigenvalue weighted by Crippen LogP contribution is -2.57. The van der Waals surface area contributed by atoms with Gasteiger partial charge in [0.1, 0.15) is 0 Å². The van der Waals surface area contributed by atoms with Gasteiger partial charge < -0.3 is 10.4 Å². The van der Waals surface area contributed by atoms with Crippen LogP contribution in [0.15, 0.2) is 0 Å². The highest BCUT2D eigenvalue weighted by molar-refractivity contribution is 4.98. The maximum Gasteiger partial charge on any atom is 0.0772 e. The van der Waals surface area contributed by atoms with Crippen molar-refractivity contribution >= 4 is 0 Å². The Bertz CT molecular complexity index is 152. The average Bonchev–Trinajstić information content (AvgIpc) is 2.70. The van der Waals surface area contributed by atoms with Gasteiger partial charge in [0, 0.05) is 6.04 Å². The molecule has 0 aromatic rings. The molecule has 0 heterocycles. The van der Waals surface area contributed by atoms with Gasteiger partial charge in [-0.05, 0) is 45.1 Å². The first kappa shape index (κ1) is 7.56. The highest BCUT2D eigenvalue weighted by atomic mass is 16.3. The van der Waals surface area contributed by atoms with Gasteiger partial charge in [0.2, 0.25) is 0 Å². The van der Waals surface area contributed by atoms with Gasteiger partial charge in [-0.3, -0.25) is 0 Å². The molecular weight excluding hydrogens is 138 g/mol. The van der Waals surface area contributed by atoms with Crippen LogP contribution in [0.25, 0.3) is 0 Å². The molecule has 2 atom stereocenters. The van der Waals surface area contributed by atoms with Crippen molar-refractivity contribution in [1.82, 2.24) is 5.32 Å². The molecule has 2 heteroatoms. The molecule has 11 heavy (non-hydrogen) atoms. The Morgan fingerprint density at radius 3 is 2.55 bits per heavy atom. The maximum absolute atomic E-state index is 9.64. The highest BCUT2D eigenvalue weighted by Crippen LogP contribution is 2.33. The fourth-order valence-electron chi connectivity index (χ4n) is 1.66. The lowest BCUT2D eigenvalue weighted by atomic mass is 9.76. The summed E-state index contributed by atoms with van der Waals surface area (Å²) in [6.07, 6.45) is 4.90.